The van der Waals surface area contributed by atoms with Crippen molar-refractivity contribution in [2.75, 3.05) is 5.32 Å². The third-order valence-corrected chi connectivity index (χ3v) is 5.56. The second kappa shape index (κ2) is 7.72. The van der Waals surface area contributed by atoms with E-state index in [1.165, 1.54) is 30.4 Å². The molecule has 1 aliphatic rings. The summed E-state index contributed by atoms with van der Waals surface area (Å²) in [5, 5.41) is 2.19. The van der Waals surface area contributed by atoms with Gasteiger partial charge in [0.2, 0.25) is 0 Å². The second-order valence-electron chi connectivity index (χ2n) is 6.35. The molecule has 0 saturated heterocycles. The smallest absolute Gasteiger partial charge is 0.418 e. The summed E-state index contributed by atoms with van der Waals surface area (Å²) in [5.41, 5.74) is -0.193. The van der Waals surface area contributed by atoms with Crippen LogP contribution in [0.25, 0.3) is 0 Å². The maximum absolute atomic E-state index is 13.0. The largest absolute Gasteiger partial charge is 0.448 e. The van der Waals surface area contributed by atoms with Crippen LogP contribution in [0.3, 0.4) is 0 Å². The number of thiophene rings is 1. The molecule has 144 valence electrons. The number of ether oxygens (including phenoxy) is 1. The fourth-order valence-corrected chi connectivity index (χ4v) is 4.07. The number of benzene rings is 1. The molecule has 1 atom stereocenters. The molecule has 0 spiro atoms. The molecule has 0 radical (unpaired) electrons. The van der Waals surface area contributed by atoms with Crippen molar-refractivity contribution in [3.63, 3.8) is 0 Å². The molecule has 8 heteroatoms. The number of carbonyl (C=O) groups is 2. The van der Waals surface area contributed by atoms with Crippen molar-refractivity contribution >= 4 is 28.9 Å². The number of esters is 1. The number of amides is 1. The molecule has 0 saturated carbocycles. The van der Waals surface area contributed by atoms with E-state index in [0.29, 0.717) is 4.88 Å². The maximum Gasteiger partial charge on any atom is 0.418 e. The number of alkyl halides is 3. The van der Waals surface area contributed by atoms with Gasteiger partial charge in [0, 0.05) is 4.88 Å². The molecular formula is C19H18F3NO3S. The van der Waals surface area contributed by atoms with Crippen LogP contribution in [0, 0.1) is 0 Å². The Morgan fingerprint density at radius 3 is 2.59 bits per heavy atom. The van der Waals surface area contributed by atoms with Crippen molar-refractivity contribution in [2.24, 2.45) is 0 Å². The first kappa shape index (κ1) is 19.4. The van der Waals surface area contributed by atoms with Gasteiger partial charge in [0.1, 0.15) is 4.88 Å². The van der Waals surface area contributed by atoms with Crippen LogP contribution in [0.2, 0.25) is 0 Å². The Labute approximate surface area is 158 Å². The van der Waals surface area contributed by atoms with Crippen molar-refractivity contribution in [3.05, 3.63) is 51.2 Å². The Bertz CT molecular complexity index is 837. The number of carbonyl (C=O) groups excluding carboxylic acids is 2. The average Bonchev–Trinajstić information content (AvgIpc) is 3.05. The Morgan fingerprint density at radius 2 is 1.89 bits per heavy atom. The van der Waals surface area contributed by atoms with Crippen LogP contribution in [0.5, 0.6) is 0 Å². The zero-order valence-corrected chi connectivity index (χ0v) is 15.4. The molecule has 27 heavy (non-hydrogen) atoms. The van der Waals surface area contributed by atoms with E-state index in [9.17, 15) is 22.8 Å². The molecule has 1 aromatic heterocycles. The zero-order chi connectivity index (χ0) is 19.6. The number of hydrogen-bond acceptors (Lipinski definition) is 4. The number of nitrogens with one attached hydrogen (secondary N) is 1. The summed E-state index contributed by atoms with van der Waals surface area (Å²) in [6, 6.07) is 6.44. The summed E-state index contributed by atoms with van der Waals surface area (Å²) in [5.74, 6) is -1.46. The van der Waals surface area contributed by atoms with Crippen molar-refractivity contribution in [1.29, 1.82) is 0 Å². The number of fused-ring (bicyclic) bond motifs is 1. The monoisotopic (exact) mass is 397 g/mol. The third kappa shape index (κ3) is 4.50. The summed E-state index contributed by atoms with van der Waals surface area (Å²) in [6.07, 6.45) is -1.81. The first-order valence-electron chi connectivity index (χ1n) is 8.55. The minimum atomic E-state index is -4.60. The zero-order valence-electron chi connectivity index (χ0n) is 14.6. The van der Waals surface area contributed by atoms with Crippen molar-refractivity contribution in [3.8, 4) is 0 Å². The number of hydrogen-bond donors (Lipinski definition) is 1. The van der Waals surface area contributed by atoms with Crippen LogP contribution in [-0.4, -0.2) is 18.0 Å². The lowest BCUT2D eigenvalue weighted by molar-refractivity contribution is -0.137. The predicted octanol–water partition coefficient (Wildman–Crippen LogP) is 4.83. The van der Waals surface area contributed by atoms with Gasteiger partial charge in [-0.05, 0) is 56.4 Å². The number of halogens is 3. The van der Waals surface area contributed by atoms with E-state index in [0.717, 1.165) is 48.3 Å². The van der Waals surface area contributed by atoms with Crippen molar-refractivity contribution in [2.45, 2.75) is 44.9 Å². The van der Waals surface area contributed by atoms with Crippen LogP contribution in [0.4, 0.5) is 18.9 Å². The second-order valence-corrected chi connectivity index (χ2v) is 7.48. The summed E-state index contributed by atoms with van der Waals surface area (Å²) < 4.78 is 44.2. The van der Waals surface area contributed by atoms with E-state index in [4.69, 9.17) is 4.74 Å². The van der Waals surface area contributed by atoms with E-state index >= 15 is 0 Å². The first-order valence-corrected chi connectivity index (χ1v) is 9.37. The fraction of sp³-hybridized carbons (Fsp3) is 0.368. The van der Waals surface area contributed by atoms with Gasteiger partial charge in [0.15, 0.2) is 6.10 Å². The lowest BCUT2D eigenvalue weighted by Gasteiger charge is -2.16. The lowest BCUT2D eigenvalue weighted by Crippen LogP contribution is -2.30. The van der Waals surface area contributed by atoms with E-state index < -0.39 is 29.7 Å². The maximum atomic E-state index is 13.0. The Kier molecular flexibility index (Phi) is 5.55. The number of anilines is 1. The van der Waals surface area contributed by atoms with Gasteiger partial charge in [-0.3, -0.25) is 4.79 Å². The van der Waals surface area contributed by atoms with Gasteiger partial charge in [-0.15, -0.1) is 11.3 Å². The Hall–Kier alpha value is -2.35. The molecule has 1 amide bonds. The van der Waals surface area contributed by atoms with Crippen molar-refractivity contribution in [1.82, 2.24) is 0 Å². The highest BCUT2D eigenvalue weighted by Gasteiger charge is 2.34. The van der Waals surface area contributed by atoms with Crippen LogP contribution >= 0.6 is 11.3 Å². The molecule has 0 unspecified atom stereocenters. The molecule has 1 aromatic carbocycles. The van der Waals surface area contributed by atoms with Gasteiger partial charge in [-0.25, -0.2) is 4.79 Å². The molecule has 0 aliphatic heterocycles. The quantitative estimate of drug-likeness (QED) is 0.752. The summed E-state index contributed by atoms with van der Waals surface area (Å²) in [4.78, 5) is 26.1. The number of aryl methyl sites for hydroxylation is 2. The normalized spacial score (nSPS) is 15.0. The molecule has 0 fully saturated rings. The molecule has 1 N–H and O–H groups in total. The third-order valence-electron chi connectivity index (χ3n) is 4.34. The Morgan fingerprint density at radius 1 is 1.19 bits per heavy atom. The molecule has 3 rings (SSSR count). The molecule has 1 heterocycles. The van der Waals surface area contributed by atoms with Gasteiger partial charge in [-0.1, -0.05) is 12.1 Å². The van der Waals surface area contributed by atoms with Crippen LogP contribution < -0.4 is 5.32 Å². The van der Waals surface area contributed by atoms with E-state index in [1.807, 2.05) is 0 Å². The van der Waals surface area contributed by atoms with Crippen LogP contribution in [0.15, 0.2) is 30.3 Å². The highest BCUT2D eigenvalue weighted by Crippen LogP contribution is 2.34. The van der Waals surface area contributed by atoms with Gasteiger partial charge in [0.25, 0.3) is 5.91 Å². The first-order chi connectivity index (χ1) is 12.8. The van der Waals surface area contributed by atoms with Crippen molar-refractivity contribution < 1.29 is 27.5 Å². The van der Waals surface area contributed by atoms with Gasteiger partial charge in [-0.2, -0.15) is 13.2 Å². The topological polar surface area (TPSA) is 55.4 Å². The fourth-order valence-electron chi connectivity index (χ4n) is 2.94. The molecule has 4 nitrogen and oxygen atoms in total. The molecular weight excluding hydrogens is 379 g/mol. The highest BCUT2D eigenvalue weighted by atomic mass is 32.1. The van der Waals surface area contributed by atoms with Gasteiger partial charge < -0.3 is 10.1 Å². The lowest BCUT2D eigenvalue weighted by atomic mass is 9.99. The van der Waals surface area contributed by atoms with Gasteiger partial charge >= 0.3 is 12.1 Å². The standard InChI is InChI=1S/C19H18F3NO3S/c1-11(17(24)23-14-8-4-3-7-13(14)19(20,21)22)26-18(25)16-10-12-6-2-5-9-15(12)27-16/h3-4,7-8,10-11H,2,5-6,9H2,1H3,(H,23,24)/t11-/m1/s1. The van der Waals surface area contributed by atoms with Crippen LogP contribution in [-0.2, 0) is 28.5 Å². The van der Waals surface area contributed by atoms with Crippen LogP contribution in [0.1, 0.15) is 45.4 Å². The Balaban J connectivity index is 1.66. The highest BCUT2D eigenvalue weighted by molar-refractivity contribution is 7.14. The average molecular weight is 397 g/mol. The van der Waals surface area contributed by atoms with E-state index in [-0.39, 0.29) is 5.69 Å². The number of rotatable bonds is 4. The molecule has 2 aromatic rings. The minimum Gasteiger partial charge on any atom is -0.448 e. The van der Waals surface area contributed by atoms with E-state index in [2.05, 4.69) is 5.32 Å². The molecule has 1 aliphatic carbocycles. The predicted molar refractivity (Wildman–Crippen MR) is 95.9 cm³/mol. The summed E-state index contributed by atoms with van der Waals surface area (Å²) in [7, 11) is 0. The van der Waals surface area contributed by atoms with Gasteiger partial charge in [0.05, 0.1) is 11.3 Å². The number of para-hydroxylation sites is 1. The summed E-state index contributed by atoms with van der Waals surface area (Å²) >= 11 is 1.35. The van der Waals surface area contributed by atoms with E-state index in [1.54, 1.807) is 6.07 Å². The minimum absolute atomic E-state index is 0.371. The summed E-state index contributed by atoms with van der Waals surface area (Å²) in [6.45, 7) is 1.33. The molecule has 0 bridgehead atoms. The SMILES string of the molecule is C[C@@H](OC(=O)c1cc2c(s1)CCCC2)C(=O)Nc1ccccc1C(F)(F)F.